The minimum atomic E-state index is -1.00. The molecule has 0 bridgehead atoms. The van der Waals surface area contributed by atoms with Crippen LogP contribution in [0.3, 0.4) is 0 Å². The molecule has 3 fully saturated rings. The lowest BCUT2D eigenvalue weighted by molar-refractivity contribution is -0.145. The Bertz CT molecular complexity index is 1070. The molecule has 0 radical (unpaired) electrons. The van der Waals surface area contributed by atoms with Gasteiger partial charge in [-0.15, -0.1) is 0 Å². The summed E-state index contributed by atoms with van der Waals surface area (Å²) in [7, 11) is 0. The number of piperidine rings is 1. The fraction of sp³-hybridized carbons (Fsp3) is 0.655. The number of aliphatic carboxylic acids is 1. The predicted octanol–water partition coefficient (Wildman–Crippen LogP) is 4.47. The smallest absolute Gasteiger partial charge is 0.410 e. The number of rotatable bonds is 6. The third-order valence-corrected chi connectivity index (χ3v) is 8.88. The number of benzene rings is 1. The molecule has 39 heavy (non-hydrogen) atoms. The van der Waals surface area contributed by atoms with Crippen LogP contribution in [-0.4, -0.2) is 76.1 Å². The number of carboxylic acids is 1. The Hall–Kier alpha value is -2.62. The first-order valence-electron chi connectivity index (χ1n) is 14.0. The maximum Gasteiger partial charge on any atom is 0.410 e. The lowest BCUT2D eigenvalue weighted by Gasteiger charge is -2.43. The summed E-state index contributed by atoms with van der Waals surface area (Å²) in [6.07, 6.45) is 5.08. The van der Waals surface area contributed by atoms with E-state index in [1.807, 2.05) is 24.3 Å². The zero-order chi connectivity index (χ0) is 28.4. The van der Waals surface area contributed by atoms with Gasteiger partial charge in [0.2, 0.25) is 11.8 Å². The highest BCUT2D eigenvalue weighted by atomic mass is 79.9. The fourth-order valence-corrected chi connectivity index (χ4v) is 6.51. The number of hydrogen-bond acceptors (Lipinski definition) is 5. The summed E-state index contributed by atoms with van der Waals surface area (Å²) >= 11 is 3.46. The van der Waals surface area contributed by atoms with Gasteiger partial charge in [0, 0.05) is 24.1 Å². The molecule has 4 rings (SSSR count). The summed E-state index contributed by atoms with van der Waals surface area (Å²) in [5.41, 5.74) is -0.797. The van der Waals surface area contributed by atoms with Crippen LogP contribution >= 0.6 is 15.9 Å². The van der Waals surface area contributed by atoms with E-state index in [2.05, 4.69) is 21.2 Å². The molecule has 10 heteroatoms. The van der Waals surface area contributed by atoms with Crippen molar-refractivity contribution in [1.82, 2.24) is 15.1 Å². The van der Waals surface area contributed by atoms with Crippen molar-refractivity contribution in [3.63, 3.8) is 0 Å². The number of nitrogens with zero attached hydrogens (tertiary/aromatic N) is 2. The number of ether oxygens (including phenoxy) is 1. The monoisotopic (exact) mass is 605 g/mol. The molecule has 0 unspecified atom stereocenters. The lowest BCUT2D eigenvalue weighted by atomic mass is 9.71. The number of likely N-dealkylation sites (tertiary alicyclic amines) is 2. The van der Waals surface area contributed by atoms with E-state index in [4.69, 9.17) is 4.74 Å². The van der Waals surface area contributed by atoms with Gasteiger partial charge in [-0.3, -0.25) is 14.5 Å². The van der Waals surface area contributed by atoms with Crippen LogP contribution in [0.25, 0.3) is 0 Å². The molecule has 0 aromatic heterocycles. The Labute approximate surface area is 238 Å². The van der Waals surface area contributed by atoms with Gasteiger partial charge in [0.05, 0.1) is 5.41 Å². The maximum absolute atomic E-state index is 13.9. The van der Waals surface area contributed by atoms with Crippen molar-refractivity contribution in [3.8, 4) is 0 Å². The van der Waals surface area contributed by atoms with E-state index in [1.165, 1.54) is 4.90 Å². The van der Waals surface area contributed by atoms with Crippen LogP contribution < -0.4 is 5.32 Å². The van der Waals surface area contributed by atoms with Crippen LogP contribution in [0.5, 0.6) is 0 Å². The SMILES string of the molecule is CC(C)(C)OC(=O)N1CCC[C@@H]1C(=O)N1CCC(C(=O)N[C@@H](C(=O)O)C2CCCC2)(c2ccc(Br)cc2)CC1. The third-order valence-electron chi connectivity index (χ3n) is 8.35. The number of carboxylic acid groups (broad SMARTS) is 1. The third kappa shape index (κ3) is 6.58. The molecule has 2 aliphatic heterocycles. The molecule has 1 aromatic carbocycles. The van der Waals surface area contributed by atoms with Gasteiger partial charge in [-0.2, -0.15) is 0 Å². The first-order chi connectivity index (χ1) is 18.4. The van der Waals surface area contributed by atoms with Gasteiger partial charge < -0.3 is 20.1 Å². The Kier molecular flexibility index (Phi) is 8.93. The summed E-state index contributed by atoms with van der Waals surface area (Å²) in [5.74, 6) is -1.50. The van der Waals surface area contributed by atoms with Crippen molar-refractivity contribution in [2.24, 2.45) is 5.92 Å². The molecule has 214 valence electrons. The molecule has 0 spiro atoms. The quantitative estimate of drug-likeness (QED) is 0.494. The fourth-order valence-electron chi connectivity index (χ4n) is 6.25. The van der Waals surface area contributed by atoms with Crippen LogP contribution in [0.2, 0.25) is 0 Å². The molecule has 9 nitrogen and oxygen atoms in total. The zero-order valence-electron chi connectivity index (χ0n) is 23.1. The molecule has 2 saturated heterocycles. The topological polar surface area (TPSA) is 116 Å². The summed E-state index contributed by atoms with van der Waals surface area (Å²) in [4.78, 5) is 55.7. The van der Waals surface area contributed by atoms with Gasteiger partial charge in [-0.25, -0.2) is 9.59 Å². The van der Waals surface area contributed by atoms with Gasteiger partial charge in [0.25, 0.3) is 0 Å². The van der Waals surface area contributed by atoms with E-state index >= 15 is 0 Å². The van der Waals surface area contributed by atoms with Crippen molar-refractivity contribution in [1.29, 1.82) is 0 Å². The first-order valence-corrected chi connectivity index (χ1v) is 14.8. The van der Waals surface area contributed by atoms with Crippen molar-refractivity contribution < 1.29 is 29.0 Å². The molecule has 3 amide bonds. The normalized spacial score (nSPS) is 22.4. The van der Waals surface area contributed by atoms with E-state index < -0.39 is 35.2 Å². The minimum Gasteiger partial charge on any atom is -0.480 e. The average Bonchev–Trinajstić information content (AvgIpc) is 3.59. The van der Waals surface area contributed by atoms with E-state index in [1.54, 1.807) is 25.7 Å². The number of amides is 3. The highest BCUT2D eigenvalue weighted by molar-refractivity contribution is 9.10. The van der Waals surface area contributed by atoms with Crippen molar-refractivity contribution >= 4 is 39.8 Å². The van der Waals surface area contributed by atoms with Crippen LogP contribution in [0.1, 0.15) is 77.7 Å². The second-order valence-electron chi connectivity index (χ2n) is 12.1. The highest BCUT2D eigenvalue weighted by Crippen LogP contribution is 2.38. The van der Waals surface area contributed by atoms with Gasteiger partial charge in [0.1, 0.15) is 17.7 Å². The Morgan fingerprint density at radius 1 is 1.00 bits per heavy atom. The standard InChI is InChI=1S/C29H40BrN3O6/c1-28(2,3)39-27(38)33-16-6-9-22(33)24(34)32-17-14-29(15-18-32,20-10-12-21(30)13-11-20)26(37)31-23(25(35)36)19-7-4-5-8-19/h10-13,19,22-23H,4-9,14-18H2,1-3H3,(H,31,37)(H,35,36)/t22-,23-/m1/s1. The highest BCUT2D eigenvalue weighted by Gasteiger charge is 2.47. The van der Waals surface area contributed by atoms with Crippen LogP contribution in [0, 0.1) is 5.92 Å². The summed E-state index contributed by atoms with van der Waals surface area (Å²) < 4.78 is 6.41. The summed E-state index contributed by atoms with van der Waals surface area (Å²) in [6.45, 7) is 6.55. The van der Waals surface area contributed by atoms with Crippen LogP contribution in [-0.2, 0) is 24.5 Å². The van der Waals surface area contributed by atoms with E-state index in [-0.39, 0.29) is 17.7 Å². The Balaban J connectivity index is 1.51. The van der Waals surface area contributed by atoms with Crippen LogP contribution in [0.4, 0.5) is 4.79 Å². The molecule has 3 aliphatic rings. The molecule has 2 N–H and O–H groups in total. The van der Waals surface area contributed by atoms with E-state index in [9.17, 15) is 24.3 Å². The van der Waals surface area contributed by atoms with Gasteiger partial charge >= 0.3 is 12.1 Å². The van der Waals surface area contributed by atoms with Gasteiger partial charge in [-0.05, 0) is 82.9 Å². The van der Waals surface area contributed by atoms with E-state index in [0.717, 1.165) is 42.1 Å². The maximum atomic E-state index is 13.9. The number of carbonyl (C=O) groups excluding carboxylic acids is 3. The number of hydrogen-bond donors (Lipinski definition) is 2. The van der Waals surface area contributed by atoms with Crippen LogP contribution in [0.15, 0.2) is 28.7 Å². The lowest BCUT2D eigenvalue weighted by Crippen LogP contribution is -2.58. The van der Waals surface area contributed by atoms with Crippen molar-refractivity contribution in [3.05, 3.63) is 34.3 Å². The Morgan fingerprint density at radius 2 is 1.62 bits per heavy atom. The van der Waals surface area contributed by atoms with Crippen molar-refractivity contribution in [2.45, 2.75) is 95.2 Å². The molecule has 1 aromatic rings. The largest absolute Gasteiger partial charge is 0.480 e. The average molecular weight is 607 g/mol. The molecular formula is C29H40BrN3O6. The summed E-state index contributed by atoms with van der Waals surface area (Å²) in [6, 6.07) is 6.05. The minimum absolute atomic E-state index is 0.0729. The molecule has 1 aliphatic carbocycles. The van der Waals surface area contributed by atoms with E-state index in [0.29, 0.717) is 38.9 Å². The molecule has 1 saturated carbocycles. The Morgan fingerprint density at radius 3 is 2.18 bits per heavy atom. The molecule has 2 atom stereocenters. The van der Waals surface area contributed by atoms with Gasteiger partial charge in [0.15, 0.2) is 0 Å². The molecular weight excluding hydrogens is 566 g/mol. The molecule has 2 heterocycles. The number of halogens is 1. The second-order valence-corrected chi connectivity index (χ2v) is 13.0. The number of carbonyl (C=O) groups is 4. The predicted molar refractivity (Wildman–Crippen MR) is 149 cm³/mol. The van der Waals surface area contributed by atoms with Gasteiger partial charge in [-0.1, -0.05) is 40.9 Å². The number of nitrogens with one attached hydrogen (secondary N) is 1. The second kappa shape index (κ2) is 11.9. The van der Waals surface area contributed by atoms with Crippen molar-refractivity contribution in [2.75, 3.05) is 19.6 Å². The zero-order valence-corrected chi connectivity index (χ0v) is 24.7. The summed E-state index contributed by atoms with van der Waals surface area (Å²) in [5, 5.41) is 12.8. The first kappa shape index (κ1) is 29.4.